The molecule has 1 saturated heterocycles. The Hall–Kier alpha value is -0.0800. The molecule has 0 aromatic rings. The van der Waals surface area contributed by atoms with Gasteiger partial charge in [-0.1, -0.05) is 20.8 Å². The third-order valence-corrected chi connectivity index (χ3v) is 3.06. The van der Waals surface area contributed by atoms with E-state index in [9.17, 15) is 0 Å². The molecule has 0 saturated carbocycles. The Morgan fingerprint density at radius 3 is 2.40 bits per heavy atom. The summed E-state index contributed by atoms with van der Waals surface area (Å²) < 4.78 is 5.50. The summed E-state index contributed by atoms with van der Waals surface area (Å²) >= 11 is 0. The Morgan fingerprint density at radius 2 is 1.80 bits per heavy atom. The van der Waals surface area contributed by atoms with Crippen LogP contribution in [0.5, 0.6) is 0 Å². The SMILES string of the molecule is CCCOCCCN1C[C@H](C)C[C@H](C)C1. The fourth-order valence-corrected chi connectivity index (χ4v) is 2.61. The van der Waals surface area contributed by atoms with Crippen molar-refractivity contribution in [3.8, 4) is 0 Å². The van der Waals surface area contributed by atoms with Gasteiger partial charge in [0.05, 0.1) is 0 Å². The van der Waals surface area contributed by atoms with E-state index in [0.29, 0.717) is 0 Å². The van der Waals surface area contributed by atoms with Crippen LogP contribution in [0.3, 0.4) is 0 Å². The van der Waals surface area contributed by atoms with E-state index in [-0.39, 0.29) is 0 Å². The van der Waals surface area contributed by atoms with Crippen molar-refractivity contribution < 1.29 is 4.74 Å². The number of rotatable bonds is 6. The van der Waals surface area contributed by atoms with Crippen molar-refractivity contribution in [3.05, 3.63) is 0 Å². The summed E-state index contributed by atoms with van der Waals surface area (Å²) in [7, 11) is 0. The molecule has 2 heteroatoms. The minimum atomic E-state index is 0.880. The molecule has 0 unspecified atom stereocenters. The van der Waals surface area contributed by atoms with E-state index in [0.717, 1.165) is 31.5 Å². The van der Waals surface area contributed by atoms with Crippen LogP contribution in [0.25, 0.3) is 0 Å². The average molecular weight is 213 g/mol. The van der Waals surface area contributed by atoms with Crippen LogP contribution in [0, 0.1) is 11.8 Å². The van der Waals surface area contributed by atoms with Crippen LogP contribution in [-0.2, 0) is 4.74 Å². The molecule has 0 aromatic heterocycles. The fraction of sp³-hybridized carbons (Fsp3) is 1.00. The quantitative estimate of drug-likeness (QED) is 0.629. The van der Waals surface area contributed by atoms with E-state index in [2.05, 4.69) is 25.7 Å². The summed E-state index contributed by atoms with van der Waals surface area (Å²) in [6.45, 7) is 12.6. The van der Waals surface area contributed by atoms with Gasteiger partial charge in [-0.05, 0) is 31.1 Å². The van der Waals surface area contributed by atoms with Gasteiger partial charge in [0.15, 0.2) is 0 Å². The molecule has 90 valence electrons. The van der Waals surface area contributed by atoms with Crippen molar-refractivity contribution in [2.45, 2.75) is 40.0 Å². The molecule has 0 N–H and O–H groups in total. The summed E-state index contributed by atoms with van der Waals surface area (Å²) in [6, 6.07) is 0. The minimum Gasteiger partial charge on any atom is -0.381 e. The highest BCUT2D eigenvalue weighted by Gasteiger charge is 2.20. The predicted octanol–water partition coefficient (Wildman–Crippen LogP) is 2.78. The van der Waals surface area contributed by atoms with Gasteiger partial charge < -0.3 is 9.64 Å². The highest BCUT2D eigenvalue weighted by Crippen LogP contribution is 2.20. The van der Waals surface area contributed by atoms with E-state index in [4.69, 9.17) is 4.74 Å². The highest BCUT2D eigenvalue weighted by molar-refractivity contribution is 4.74. The first-order chi connectivity index (χ1) is 7.22. The van der Waals surface area contributed by atoms with Crippen molar-refractivity contribution in [2.75, 3.05) is 32.8 Å². The Morgan fingerprint density at radius 1 is 1.13 bits per heavy atom. The molecule has 0 aromatic carbocycles. The molecule has 2 atom stereocenters. The Bertz CT molecular complexity index is 151. The molecule has 0 spiro atoms. The average Bonchev–Trinajstić information content (AvgIpc) is 2.16. The largest absolute Gasteiger partial charge is 0.381 e. The number of ether oxygens (including phenoxy) is 1. The molecule has 15 heavy (non-hydrogen) atoms. The third-order valence-electron chi connectivity index (χ3n) is 3.06. The topological polar surface area (TPSA) is 12.5 Å². The summed E-state index contributed by atoms with van der Waals surface area (Å²) in [5, 5.41) is 0. The van der Waals surface area contributed by atoms with Crippen molar-refractivity contribution in [3.63, 3.8) is 0 Å². The lowest BCUT2D eigenvalue weighted by molar-refractivity contribution is 0.0994. The molecular weight excluding hydrogens is 186 g/mol. The van der Waals surface area contributed by atoms with Crippen molar-refractivity contribution in [1.29, 1.82) is 0 Å². The summed E-state index contributed by atoms with van der Waals surface area (Å²) in [4.78, 5) is 2.61. The van der Waals surface area contributed by atoms with Crippen LogP contribution in [-0.4, -0.2) is 37.7 Å². The van der Waals surface area contributed by atoms with Crippen LogP contribution in [0.15, 0.2) is 0 Å². The molecule has 0 radical (unpaired) electrons. The van der Waals surface area contributed by atoms with Crippen molar-refractivity contribution >= 4 is 0 Å². The predicted molar refractivity (Wildman–Crippen MR) is 65.1 cm³/mol. The summed E-state index contributed by atoms with van der Waals surface area (Å²) in [5.74, 6) is 1.76. The van der Waals surface area contributed by atoms with Crippen LogP contribution in [0.1, 0.15) is 40.0 Å². The minimum absolute atomic E-state index is 0.880. The molecule has 1 rings (SSSR count). The third kappa shape index (κ3) is 5.53. The van der Waals surface area contributed by atoms with Gasteiger partial charge in [0, 0.05) is 32.8 Å². The van der Waals surface area contributed by atoms with Gasteiger partial charge in [0.1, 0.15) is 0 Å². The van der Waals surface area contributed by atoms with E-state index in [1.165, 1.54) is 32.5 Å². The first kappa shape index (κ1) is 13.0. The number of nitrogens with zero attached hydrogens (tertiary/aromatic N) is 1. The maximum atomic E-state index is 5.50. The zero-order valence-electron chi connectivity index (χ0n) is 10.7. The molecule has 1 aliphatic heterocycles. The van der Waals surface area contributed by atoms with Gasteiger partial charge in [-0.2, -0.15) is 0 Å². The number of likely N-dealkylation sites (tertiary alicyclic amines) is 1. The smallest absolute Gasteiger partial charge is 0.0478 e. The van der Waals surface area contributed by atoms with Gasteiger partial charge in [-0.15, -0.1) is 0 Å². The lowest BCUT2D eigenvalue weighted by atomic mass is 9.92. The van der Waals surface area contributed by atoms with Gasteiger partial charge >= 0.3 is 0 Å². The van der Waals surface area contributed by atoms with Crippen LogP contribution >= 0.6 is 0 Å². The standard InChI is InChI=1S/C13H27NO/c1-4-7-15-8-5-6-14-10-12(2)9-13(3)11-14/h12-13H,4-11H2,1-3H3/t12-,13+. The summed E-state index contributed by atoms with van der Waals surface area (Å²) in [5.41, 5.74) is 0. The highest BCUT2D eigenvalue weighted by atomic mass is 16.5. The van der Waals surface area contributed by atoms with E-state index >= 15 is 0 Å². The number of hydrogen-bond acceptors (Lipinski definition) is 2. The summed E-state index contributed by atoms with van der Waals surface area (Å²) in [6.07, 6.45) is 3.74. The maximum absolute atomic E-state index is 5.50. The zero-order valence-corrected chi connectivity index (χ0v) is 10.7. The Labute approximate surface area is 95.0 Å². The maximum Gasteiger partial charge on any atom is 0.0478 e. The normalized spacial score (nSPS) is 28.2. The molecule has 1 heterocycles. The second kappa shape index (κ2) is 7.24. The number of hydrogen-bond donors (Lipinski definition) is 0. The molecule has 0 aliphatic carbocycles. The first-order valence-electron chi connectivity index (χ1n) is 6.52. The van der Waals surface area contributed by atoms with Crippen LogP contribution < -0.4 is 0 Å². The van der Waals surface area contributed by atoms with E-state index < -0.39 is 0 Å². The van der Waals surface area contributed by atoms with Gasteiger partial charge in [-0.25, -0.2) is 0 Å². The van der Waals surface area contributed by atoms with Crippen molar-refractivity contribution in [1.82, 2.24) is 4.90 Å². The zero-order chi connectivity index (χ0) is 11.1. The Balaban J connectivity index is 2.04. The lowest BCUT2D eigenvalue weighted by Crippen LogP contribution is -2.39. The van der Waals surface area contributed by atoms with Gasteiger partial charge in [-0.3, -0.25) is 0 Å². The molecule has 0 bridgehead atoms. The first-order valence-corrected chi connectivity index (χ1v) is 6.52. The fourth-order valence-electron chi connectivity index (χ4n) is 2.61. The monoisotopic (exact) mass is 213 g/mol. The van der Waals surface area contributed by atoms with Gasteiger partial charge in [0.25, 0.3) is 0 Å². The molecule has 1 fully saturated rings. The van der Waals surface area contributed by atoms with Crippen LogP contribution in [0.4, 0.5) is 0 Å². The molecular formula is C13H27NO. The second-order valence-electron chi connectivity index (χ2n) is 5.17. The van der Waals surface area contributed by atoms with Crippen LogP contribution in [0.2, 0.25) is 0 Å². The number of piperidine rings is 1. The molecule has 1 aliphatic rings. The van der Waals surface area contributed by atoms with Gasteiger partial charge in [0.2, 0.25) is 0 Å². The van der Waals surface area contributed by atoms with E-state index in [1.54, 1.807) is 0 Å². The molecule has 2 nitrogen and oxygen atoms in total. The molecule has 0 amide bonds. The van der Waals surface area contributed by atoms with E-state index in [1.807, 2.05) is 0 Å². The van der Waals surface area contributed by atoms with Crippen molar-refractivity contribution in [2.24, 2.45) is 11.8 Å². The lowest BCUT2D eigenvalue weighted by Gasteiger charge is -2.34. The second-order valence-corrected chi connectivity index (χ2v) is 5.17. The Kier molecular flexibility index (Phi) is 6.26.